The Balaban J connectivity index is -0.00000480. The van der Waals surface area contributed by atoms with Crippen molar-refractivity contribution < 1.29 is 149 Å². The Hall–Kier alpha value is 0.216. The van der Waals surface area contributed by atoms with Gasteiger partial charge in [0, 0.05) is 0 Å². The maximum Gasteiger partial charge on any atom is 1.00 e. The van der Waals surface area contributed by atoms with Crippen molar-refractivity contribution in [2.75, 3.05) is 0 Å². The molecule has 3 nitrogen and oxygen atoms in total. The van der Waals surface area contributed by atoms with Gasteiger partial charge in [-0.05, 0) is 0 Å². The first-order valence-electron chi connectivity index (χ1n) is 6.31. The van der Waals surface area contributed by atoms with Crippen molar-refractivity contribution in [3.8, 4) is 0 Å². The molecule has 1 N–H and O–H groups in total. The average molecular weight is 590 g/mol. The summed E-state index contributed by atoms with van der Waals surface area (Å²) in [5, 5.41) is -7.96. The average Bonchev–Trinajstić information content (AvgIpc) is 2.51. The fourth-order valence-corrected chi connectivity index (χ4v) is 1.96. The number of hydrogen-bond donors (Lipinski definition) is 1. The number of rotatable bonds is 8. The van der Waals surface area contributed by atoms with Gasteiger partial charge in [-0.3, -0.25) is 4.55 Å². The van der Waals surface area contributed by atoms with Gasteiger partial charge in [-0.15, -0.1) is 0 Å². The monoisotopic (exact) mass is 590 g/mol. The van der Waals surface area contributed by atoms with Crippen molar-refractivity contribution in [2.45, 2.75) is 52.9 Å². The molecular formula is C9H2F19KO3S. The molecule has 0 spiro atoms. The standard InChI is InChI=1S/C9HF19O3S.K.H/c10-1(11,2(12,13)4(16,17)6(20,21)8(24,25)26)3(14,15)5(18,19)7(22,23)9(27,28)32(29,30)31;;/h(H,29,30,31);;/q;+1;-1. The van der Waals surface area contributed by atoms with E-state index in [9.17, 15) is 91.8 Å². The van der Waals surface area contributed by atoms with E-state index in [1.807, 2.05) is 0 Å². The first-order valence-corrected chi connectivity index (χ1v) is 7.75. The minimum atomic E-state index is -9.15. The molecule has 0 bridgehead atoms. The van der Waals surface area contributed by atoms with Crippen LogP contribution in [0.2, 0.25) is 0 Å². The topological polar surface area (TPSA) is 54.4 Å². The van der Waals surface area contributed by atoms with Crippen LogP contribution in [0.5, 0.6) is 0 Å². The SMILES string of the molecule is O=S(=O)(O)C(F)(F)C(F)(F)C(F)(F)C(F)(F)C(F)(F)C(F)(F)C(F)(F)C(F)(F)C(F)(F)F.[H-].[K+]. The van der Waals surface area contributed by atoms with Gasteiger partial charge in [-0.1, -0.05) is 0 Å². The minimum Gasteiger partial charge on any atom is -1.00 e. The molecule has 0 atom stereocenters. The van der Waals surface area contributed by atoms with Crippen molar-refractivity contribution >= 4 is 10.1 Å². The smallest absolute Gasteiger partial charge is 1.00 e. The Kier molecular flexibility index (Phi) is 9.28. The molecule has 0 unspecified atom stereocenters. The summed E-state index contributed by atoms with van der Waals surface area (Å²) in [5.74, 6) is -62.2. The second-order valence-electron chi connectivity index (χ2n) is 5.51. The molecule has 0 aromatic heterocycles. The predicted octanol–water partition coefficient (Wildman–Crippen LogP) is 2.59. The third-order valence-corrected chi connectivity index (χ3v) is 4.32. The van der Waals surface area contributed by atoms with Gasteiger partial charge < -0.3 is 1.43 Å². The molecule has 0 rings (SSSR count). The summed E-state index contributed by atoms with van der Waals surface area (Å²) in [6.07, 6.45) is -7.99. The maximum absolute atomic E-state index is 13.2. The van der Waals surface area contributed by atoms with Gasteiger partial charge in [0.25, 0.3) is 0 Å². The quantitative estimate of drug-likeness (QED) is 0.269. The van der Waals surface area contributed by atoms with E-state index >= 15 is 0 Å². The Labute approximate surface area is 211 Å². The third-order valence-electron chi connectivity index (χ3n) is 3.41. The van der Waals surface area contributed by atoms with Crippen LogP contribution in [0, 0.1) is 0 Å². The summed E-state index contributed by atoms with van der Waals surface area (Å²) in [5.41, 5.74) is 0. The molecule has 0 aliphatic carbocycles. The van der Waals surface area contributed by atoms with Gasteiger partial charge in [0.1, 0.15) is 0 Å². The zero-order valence-corrected chi connectivity index (χ0v) is 18.3. The van der Waals surface area contributed by atoms with Gasteiger partial charge in [-0.2, -0.15) is 91.8 Å². The van der Waals surface area contributed by atoms with Crippen LogP contribution in [-0.2, 0) is 10.1 Å². The van der Waals surface area contributed by atoms with Crippen LogP contribution in [0.1, 0.15) is 1.43 Å². The van der Waals surface area contributed by atoms with Crippen LogP contribution >= 0.6 is 0 Å². The molecule has 0 saturated heterocycles. The molecular weight excluding hydrogens is 588 g/mol. The fourth-order valence-electron chi connectivity index (χ4n) is 1.51. The van der Waals surface area contributed by atoms with Crippen LogP contribution < -0.4 is 51.4 Å². The van der Waals surface area contributed by atoms with Crippen molar-refractivity contribution in [3.05, 3.63) is 0 Å². The first kappa shape index (κ1) is 35.4. The van der Waals surface area contributed by atoms with Gasteiger partial charge in [-0.25, -0.2) is 0 Å². The van der Waals surface area contributed by atoms with E-state index in [0.717, 1.165) is 0 Å². The van der Waals surface area contributed by atoms with Crippen molar-refractivity contribution in [2.24, 2.45) is 0 Å². The summed E-state index contributed by atoms with van der Waals surface area (Å²) < 4.78 is 270. The molecule has 0 heterocycles. The van der Waals surface area contributed by atoms with Gasteiger partial charge in [0.2, 0.25) is 0 Å². The van der Waals surface area contributed by atoms with Crippen molar-refractivity contribution in [1.29, 1.82) is 0 Å². The molecule has 24 heteroatoms. The van der Waals surface area contributed by atoms with Crippen LogP contribution in [0.15, 0.2) is 0 Å². The van der Waals surface area contributed by atoms with E-state index in [0.29, 0.717) is 0 Å². The van der Waals surface area contributed by atoms with E-state index < -0.39 is 63.0 Å². The summed E-state index contributed by atoms with van der Waals surface area (Å²) in [7, 11) is -8.00. The Bertz CT molecular complexity index is 834. The fraction of sp³-hybridized carbons (Fsp3) is 1.00. The summed E-state index contributed by atoms with van der Waals surface area (Å²) in [6.45, 7) is 0. The molecule has 33 heavy (non-hydrogen) atoms. The zero-order valence-electron chi connectivity index (χ0n) is 15.4. The van der Waals surface area contributed by atoms with E-state index in [4.69, 9.17) is 4.55 Å². The maximum atomic E-state index is 13.2. The van der Waals surface area contributed by atoms with Crippen LogP contribution in [-0.4, -0.2) is 65.9 Å². The second kappa shape index (κ2) is 8.66. The Morgan fingerprint density at radius 3 is 0.788 bits per heavy atom. The van der Waals surface area contributed by atoms with Crippen LogP contribution in [0.25, 0.3) is 0 Å². The predicted molar refractivity (Wildman–Crippen MR) is 58.3 cm³/mol. The summed E-state index contributed by atoms with van der Waals surface area (Å²) in [4.78, 5) is 0. The zero-order chi connectivity index (χ0) is 27.0. The van der Waals surface area contributed by atoms with E-state index in [1.54, 1.807) is 0 Å². The van der Waals surface area contributed by atoms with E-state index in [1.165, 1.54) is 0 Å². The van der Waals surface area contributed by atoms with Gasteiger partial charge >= 0.3 is 114 Å². The molecule has 196 valence electrons. The van der Waals surface area contributed by atoms with E-state index in [2.05, 4.69) is 0 Å². The van der Waals surface area contributed by atoms with E-state index in [-0.39, 0.29) is 52.8 Å². The number of alkyl halides is 19. The number of halogens is 19. The minimum absolute atomic E-state index is 0. The van der Waals surface area contributed by atoms with Crippen LogP contribution in [0.4, 0.5) is 83.4 Å². The normalized spacial score (nSPS) is 16.5. The third kappa shape index (κ3) is 4.46. The number of hydrogen-bond acceptors (Lipinski definition) is 2. The van der Waals surface area contributed by atoms with Gasteiger partial charge in [0.05, 0.1) is 0 Å². The molecule has 0 aromatic carbocycles. The molecule has 0 aliphatic heterocycles. The Morgan fingerprint density at radius 1 is 0.424 bits per heavy atom. The second-order valence-corrected chi connectivity index (χ2v) is 6.97. The summed E-state index contributed by atoms with van der Waals surface area (Å²) >= 11 is 0. The largest absolute Gasteiger partial charge is 1.00 e. The molecule has 0 aliphatic rings. The molecule has 0 aromatic rings. The first-order chi connectivity index (χ1) is 13.2. The Morgan fingerprint density at radius 2 is 0.606 bits per heavy atom. The molecule has 0 fully saturated rings. The molecule has 0 saturated carbocycles. The molecule has 0 amide bonds. The molecule has 0 radical (unpaired) electrons. The van der Waals surface area contributed by atoms with Crippen LogP contribution in [0.3, 0.4) is 0 Å². The van der Waals surface area contributed by atoms with Crippen molar-refractivity contribution in [1.82, 2.24) is 0 Å². The van der Waals surface area contributed by atoms with Gasteiger partial charge in [0.15, 0.2) is 0 Å². The summed E-state index contributed by atoms with van der Waals surface area (Å²) in [6, 6.07) is 0. The van der Waals surface area contributed by atoms with Crippen molar-refractivity contribution in [3.63, 3.8) is 0 Å².